The molecule has 0 aliphatic carbocycles. The minimum Gasteiger partial charge on any atom is -0.506 e. The summed E-state index contributed by atoms with van der Waals surface area (Å²) in [6.07, 6.45) is 0. The summed E-state index contributed by atoms with van der Waals surface area (Å²) in [5.41, 5.74) is 6.61. The van der Waals surface area contributed by atoms with Crippen LogP contribution in [-0.4, -0.2) is 62.6 Å². The summed E-state index contributed by atoms with van der Waals surface area (Å²) in [6.45, 7) is 15.5. The maximum atomic E-state index is 10.4. The second-order valence-corrected chi connectivity index (χ2v) is 11.1. The number of aromatic hydroxyl groups is 2. The molecule has 0 unspecified atom stereocenters. The fourth-order valence-electron chi connectivity index (χ4n) is 5.67. The molecule has 46 heavy (non-hydrogen) atoms. The van der Waals surface area contributed by atoms with E-state index < -0.39 is 0 Å². The first-order valence-electron chi connectivity index (χ1n) is 16.1. The van der Waals surface area contributed by atoms with Gasteiger partial charge in [-0.2, -0.15) is 10.2 Å². The van der Waals surface area contributed by atoms with Crippen molar-refractivity contribution in [2.24, 2.45) is 20.5 Å². The molecule has 1 saturated heterocycles. The van der Waals surface area contributed by atoms with Gasteiger partial charge in [-0.15, -0.1) is 10.2 Å². The van der Waals surface area contributed by atoms with E-state index >= 15 is 0 Å². The van der Waals surface area contributed by atoms with Crippen molar-refractivity contribution in [1.29, 1.82) is 0 Å². The highest BCUT2D eigenvalue weighted by Gasteiger charge is 2.18. The molecule has 1 fully saturated rings. The zero-order valence-electron chi connectivity index (χ0n) is 27.2. The SMILES string of the molecule is CCN(CC)c1ccc(/N=N/c2ccc(N3CCN(c4ccc(/N=N/c5ccc(N(CC)CC)cc5O)cc4)CC3)cc2)c(O)c1. The summed E-state index contributed by atoms with van der Waals surface area (Å²) >= 11 is 0. The molecule has 0 amide bonds. The Labute approximate surface area is 271 Å². The number of phenolic OH excluding ortho intramolecular Hbond substituents is 2. The molecule has 0 spiro atoms. The Hall–Kier alpha value is -5.12. The molecule has 240 valence electrons. The molecule has 1 heterocycles. The van der Waals surface area contributed by atoms with Gasteiger partial charge in [0, 0.05) is 87.2 Å². The first-order chi connectivity index (χ1) is 22.4. The average Bonchev–Trinajstić information content (AvgIpc) is 3.09. The van der Waals surface area contributed by atoms with Crippen LogP contribution in [-0.2, 0) is 0 Å². The first kappa shape index (κ1) is 32.3. The second kappa shape index (κ2) is 15.2. The van der Waals surface area contributed by atoms with E-state index in [1.807, 2.05) is 36.4 Å². The number of benzene rings is 4. The molecular formula is C36H44N8O2. The Bertz CT molecular complexity index is 1500. The molecule has 1 aliphatic rings. The van der Waals surface area contributed by atoms with E-state index in [1.54, 1.807) is 24.3 Å². The lowest BCUT2D eigenvalue weighted by Crippen LogP contribution is -2.46. The minimum atomic E-state index is 0.124. The molecule has 0 atom stereocenters. The van der Waals surface area contributed by atoms with E-state index in [4.69, 9.17) is 0 Å². The van der Waals surface area contributed by atoms with Gasteiger partial charge in [-0.05, 0) is 100 Å². The fraction of sp³-hybridized carbons (Fsp3) is 0.333. The highest BCUT2D eigenvalue weighted by Crippen LogP contribution is 2.34. The normalized spacial score (nSPS) is 13.6. The van der Waals surface area contributed by atoms with Crippen LogP contribution in [0, 0.1) is 0 Å². The van der Waals surface area contributed by atoms with Crippen molar-refractivity contribution in [3.63, 3.8) is 0 Å². The number of rotatable bonds is 12. The maximum absolute atomic E-state index is 10.4. The molecule has 0 radical (unpaired) electrons. The molecule has 5 rings (SSSR count). The third-order valence-corrected chi connectivity index (χ3v) is 8.43. The van der Waals surface area contributed by atoms with E-state index in [-0.39, 0.29) is 11.5 Å². The van der Waals surface area contributed by atoms with Gasteiger partial charge in [0.25, 0.3) is 0 Å². The van der Waals surface area contributed by atoms with Crippen LogP contribution in [0.3, 0.4) is 0 Å². The van der Waals surface area contributed by atoms with E-state index in [2.05, 4.69) is 92.0 Å². The van der Waals surface area contributed by atoms with Crippen molar-refractivity contribution in [3.05, 3.63) is 84.9 Å². The number of hydrogen-bond acceptors (Lipinski definition) is 10. The van der Waals surface area contributed by atoms with Crippen molar-refractivity contribution in [2.75, 3.05) is 72.0 Å². The maximum Gasteiger partial charge on any atom is 0.145 e. The van der Waals surface area contributed by atoms with E-state index in [1.165, 1.54) is 0 Å². The number of piperazine rings is 1. The molecular weight excluding hydrogens is 576 g/mol. The second-order valence-electron chi connectivity index (χ2n) is 11.1. The Morgan fingerprint density at radius 2 is 0.848 bits per heavy atom. The zero-order chi connectivity index (χ0) is 32.5. The predicted molar refractivity (Wildman–Crippen MR) is 189 cm³/mol. The summed E-state index contributed by atoms with van der Waals surface area (Å²) in [6, 6.07) is 27.1. The lowest BCUT2D eigenvalue weighted by molar-refractivity contribution is 0.476. The molecule has 4 aromatic carbocycles. The predicted octanol–water partition coefficient (Wildman–Crippen LogP) is 8.95. The first-order valence-corrected chi connectivity index (χ1v) is 16.1. The highest BCUT2D eigenvalue weighted by molar-refractivity contribution is 5.63. The van der Waals surface area contributed by atoms with E-state index in [0.29, 0.717) is 11.4 Å². The van der Waals surface area contributed by atoms with Crippen LogP contribution in [0.4, 0.5) is 45.5 Å². The number of anilines is 4. The smallest absolute Gasteiger partial charge is 0.145 e. The standard InChI is InChI=1S/C36H44N8O2/c1-5-41(6-2)31-17-19-33(35(45)25-31)39-37-27-9-13-29(14-10-27)43-21-23-44(24-22-43)30-15-11-28(12-16-30)38-40-34-20-18-32(26-36(34)46)42(7-3)8-4/h9-20,25-26,45-46H,5-8,21-24H2,1-4H3/b39-37+,40-38+. The van der Waals surface area contributed by atoms with Gasteiger partial charge >= 0.3 is 0 Å². The van der Waals surface area contributed by atoms with Crippen molar-refractivity contribution in [1.82, 2.24) is 0 Å². The zero-order valence-corrected chi connectivity index (χ0v) is 27.2. The Balaban J connectivity index is 1.13. The third-order valence-electron chi connectivity index (χ3n) is 8.43. The van der Waals surface area contributed by atoms with Gasteiger partial charge in [-0.3, -0.25) is 0 Å². The Kier molecular flexibility index (Phi) is 10.7. The largest absolute Gasteiger partial charge is 0.506 e. The highest BCUT2D eigenvalue weighted by atomic mass is 16.3. The van der Waals surface area contributed by atoms with Crippen molar-refractivity contribution < 1.29 is 10.2 Å². The van der Waals surface area contributed by atoms with Gasteiger partial charge in [0.05, 0.1) is 11.4 Å². The fourth-order valence-corrected chi connectivity index (χ4v) is 5.67. The van der Waals surface area contributed by atoms with Crippen LogP contribution in [0.5, 0.6) is 11.5 Å². The quantitative estimate of drug-likeness (QED) is 0.153. The molecule has 1 aliphatic heterocycles. The molecule has 2 N–H and O–H groups in total. The summed E-state index contributed by atoms with van der Waals surface area (Å²) in [5, 5.41) is 38.1. The van der Waals surface area contributed by atoms with Crippen LogP contribution < -0.4 is 19.6 Å². The molecule has 0 saturated carbocycles. The van der Waals surface area contributed by atoms with Crippen LogP contribution in [0.25, 0.3) is 0 Å². The van der Waals surface area contributed by atoms with Gasteiger partial charge in [-0.1, -0.05) is 0 Å². The van der Waals surface area contributed by atoms with Crippen LogP contribution >= 0.6 is 0 Å². The van der Waals surface area contributed by atoms with E-state index in [0.717, 1.165) is 86.5 Å². The molecule has 0 aromatic heterocycles. The van der Waals surface area contributed by atoms with Crippen LogP contribution in [0.1, 0.15) is 27.7 Å². The van der Waals surface area contributed by atoms with Gasteiger partial charge in [0.15, 0.2) is 0 Å². The summed E-state index contributed by atoms with van der Waals surface area (Å²) in [4.78, 5) is 9.09. The third kappa shape index (κ3) is 7.74. The van der Waals surface area contributed by atoms with Crippen LogP contribution in [0.2, 0.25) is 0 Å². The van der Waals surface area contributed by atoms with Gasteiger partial charge in [0.2, 0.25) is 0 Å². The topological polar surface area (TPSA) is 103 Å². The van der Waals surface area contributed by atoms with Gasteiger partial charge < -0.3 is 29.8 Å². The average molecular weight is 621 g/mol. The van der Waals surface area contributed by atoms with Crippen molar-refractivity contribution >= 4 is 45.5 Å². The number of nitrogens with zero attached hydrogens (tertiary/aromatic N) is 8. The minimum absolute atomic E-state index is 0.124. The lowest BCUT2D eigenvalue weighted by Gasteiger charge is -2.37. The Morgan fingerprint density at radius 1 is 0.500 bits per heavy atom. The number of hydrogen-bond donors (Lipinski definition) is 2. The van der Waals surface area contributed by atoms with Gasteiger partial charge in [0.1, 0.15) is 22.9 Å². The summed E-state index contributed by atoms with van der Waals surface area (Å²) in [5.74, 6) is 0.248. The Morgan fingerprint density at radius 3 is 1.15 bits per heavy atom. The molecule has 4 aromatic rings. The lowest BCUT2D eigenvalue weighted by atomic mass is 10.2. The van der Waals surface area contributed by atoms with Crippen LogP contribution in [0.15, 0.2) is 105 Å². The molecule has 0 bridgehead atoms. The van der Waals surface area contributed by atoms with Gasteiger partial charge in [-0.25, -0.2) is 0 Å². The summed E-state index contributed by atoms with van der Waals surface area (Å²) in [7, 11) is 0. The van der Waals surface area contributed by atoms with Crippen molar-refractivity contribution in [3.8, 4) is 11.5 Å². The monoisotopic (exact) mass is 620 g/mol. The summed E-state index contributed by atoms with van der Waals surface area (Å²) < 4.78 is 0. The van der Waals surface area contributed by atoms with Crippen molar-refractivity contribution in [2.45, 2.75) is 27.7 Å². The van der Waals surface area contributed by atoms with E-state index in [9.17, 15) is 10.2 Å². The number of azo groups is 2. The molecule has 10 heteroatoms. The molecule has 10 nitrogen and oxygen atoms in total. The number of phenols is 2.